The van der Waals surface area contributed by atoms with E-state index in [4.69, 9.17) is 0 Å². The molecule has 1 amide bonds. The molecule has 0 spiro atoms. The molecule has 1 saturated carbocycles. The van der Waals surface area contributed by atoms with Crippen molar-refractivity contribution in [2.45, 2.75) is 6.04 Å². The van der Waals surface area contributed by atoms with Gasteiger partial charge in [0.05, 0.1) is 5.69 Å². The van der Waals surface area contributed by atoms with Gasteiger partial charge in [0.1, 0.15) is 5.65 Å². The van der Waals surface area contributed by atoms with E-state index in [0.29, 0.717) is 23.6 Å². The molecule has 1 aliphatic carbocycles. The zero-order valence-corrected chi connectivity index (χ0v) is 13.8. The molecular weight excluding hydrogens is 316 g/mol. The van der Waals surface area contributed by atoms with Crippen LogP contribution < -0.4 is 5.32 Å². The first-order valence-corrected chi connectivity index (χ1v) is 8.48. The Kier molecular flexibility index (Phi) is 3.11. The van der Waals surface area contributed by atoms with E-state index >= 15 is 0 Å². The number of amides is 1. The minimum absolute atomic E-state index is 0.0564. The van der Waals surface area contributed by atoms with Crippen molar-refractivity contribution < 1.29 is 4.79 Å². The SMILES string of the molecule is CN(C(=O)c1ccc(-c2c[nH]c3ncccc23)nn1)C1[C@H]2CNC[C@@H]12. The summed E-state index contributed by atoms with van der Waals surface area (Å²) in [6.07, 6.45) is 3.61. The maximum Gasteiger partial charge on any atom is 0.274 e. The first-order valence-electron chi connectivity index (χ1n) is 8.48. The largest absolute Gasteiger partial charge is 0.345 e. The molecule has 5 rings (SSSR count). The third-order valence-corrected chi connectivity index (χ3v) is 5.42. The van der Waals surface area contributed by atoms with Gasteiger partial charge in [-0.05, 0) is 36.1 Å². The number of piperidine rings is 1. The van der Waals surface area contributed by atoms with Crippen molar-refractivity contribution >= 4 is 16.9 Å². The van der Waals surface area contributed by atoms with Crippen molar-refractivity contribution in [3.8, 4) is 11.3 Å². The van der Waals surface area contributed by atoms with Crippen LogP contribution in [0.5, 0.6) is 0 Å². The van der Waals surface area contributed by atoms with Gasteiger partial charge in [-0.15, -0.1) is 10.2 Å². The Morgan fingerprint density at radius 3 is 2.80 bits per heavy atom. The third-order valence-electron chi connectivity index (χ3n) is 5.42. The highest BCUT2D eigenvalue weighted by molar-refractivity contribution is 5.94. The number of carbonyl (C=O) groups excluding carboxylic acids is 1. The second-order valence-electron chi connectivity index (χ2n) is 6.80. The van der Waals surface area contributed by atoms with Gasteiger partial charge in [-0.25, -0.2) is 4.98 Å². The van der Waals surface area contributed by atoms with Crippen LogP contribution in [0.25, 0.3) is 22.3 Å². The Labute approximate surface area is 144 Å². The predicted octanol–water partition coefficient (Wildman–Crippen LogP) is 1.31. The lowest BCUT2D eigenvalue weighted by Gasteiger charge is -2.19. The van der Waals surface area contributed by atoms with Crippen molar-refractivity contribution in [1.82, 2.24) is 30.4 Å². The van der Waals surface area contributed by atoms with Crippen molar-refractivity contribution in [2.24, 2.45) is 11.8 Å². The van der Waals surface area contributed by atoms with Gasteiger partial charge in [0.25, 0.3) is 5.91 Å². The molecule has 0 aromatic carbocycles. The van der Waals surface area contributed by atoms with Crippen LogP contribution in [0.1, 0.15) is 10.5 Å². The van der Waals surface area contributed by atoms with Gasteiger partial charge in [0.2, 0.25) is 0 Å². The van der Waals surface area contributed by atoms with Gasteiger partial charge in [-0.3, -0.25) is 4.79 Å². The fraction of sp³-hybridized carbons (Fsp3) is 0.333. The predicted molar refractivity (Wildman–Crippen MR) is 92.9 cm³/mol. The fourth-order valence-corrected chi connectivity index (χ4v) is 4.03. The molecule has 1 unspecified atom stereocenters. The van der Waals surface area contributed by atoms with E-state index in [9.17, 15) is 4.79 Å². The van der Waals surface area contributed by atoms with E-state index in [1.54, 1.807) is 12.3 Å². The number of fused-ring (bicyclic) bond motifs is 2. The maximum absolute atomic E-state index is 12.7. The first-order chi connectivity index (χ1) is 12.2. The lowest BCUT2D eigenvalue weighted by molar-refractivity contribution is 0.0762. The minimum atomic E-state index is -0.0564. The average molecular weight is 334 g/mol. The molecule has 3 aromatic rings. The number of carbonyl (C=O) groups is 1. The van der Waals surface area contributed by atoms with Crippen LogP contribution in [0.15, 0.2) is 36.7 Å². The molecule has 2 N–H and O–H groups in total. The molecule has 25 heavy (non-hydrogen) atoms. The van der Waals surface area contributed by atoms with Gasteiger partial charge < -0.3 is 15.2 Å². The van der Waals surface area contributed by atoms with E-state index in [2.05, 4.69) is 25.5 Å². The summed E-state index contributed by atoms with van der Waals surface area (Å²) in [4.78, 5) is 21.9. The zero-order chi connectivity index (χ0) is 17.0. The Morgan fingerprint density at radius 1 is 1.20 bits per heavy atom. The van der Waals surface area contributed by atoms with E-state index in [-0.39, 0.29) is 5.91 Å². The highest BCUT2D eigenvalue weighted by atomic mass is 16.2. The normalized spacial score (nSPS) is 24.3. The second-order valence-corrected chi connectivity index (χ2v) is 6.80. The Hall–Kier alpha value is -2.80. The maximum atomic E-state index is 12.7. The quantitative estimate of drug-likeness (QED) is 0.754. The molecule has 1 saturated heterocycles. The summed E-state index contributed by atoms with van der Waals surface area (Å²) in [5, 5.41) is 12.8. The lowest BCUT2D eigenvalue weighted by Crippen LogP contribution is -2.35. The number of aromatic amines is 1. The van der Waals surface area contributed by atoms with Crippen LogP contribution in [-0.2, 0) is 0 Å². The van der Waals surface area contributed by atoms with Gasteiger partial charge in [-0.1, -0.05) is 0 Å². The van der Waals surface area contributed by atoms with Crippen molar-refractivity contribution in [2.75, 3.05) is 20.1 Å². The van der Waals surface area contributed by atoms with Gasteiger partial charge in [-0.2, -0.15) is 0 Å². The molecule has 0 radical (unpaired) electrons. The molecule has 3 aromatic heterocycles. The van der Waals surface area contributed by atoms with E-state index < -0.39 is 0 Å². The summed E-state index contributed by atoms with van der Waals surface area (Å²) in [6.45, 7) is 2.01. The van der Waals surface area contributed by atoms with Crippen LogP contribution in [0.3, 0.4) is 0 Å². The average Bonchev–Trinajstić information content (AvgIpc) is 3.02. The second kappa shape index (κ2) is 5.35. The smallest absolute Gasteiger partial charge is 0.274 e. The molecule has 0 bridgehead atoms. The lowest BCUT2D eigenvalue weighted by atomic mass is 10.1. The number of rotatable bonds is 3. The standard InChI is InChI=1S/C18H18N6O/c1-24(16-12-7-19-8-13(12)16)18(25)15-5-4-14(22-23-15)11-9-21-17-10(11)3-2-6-20-17/h2-6,9,12-13,16,19H,7-8H2,1H3,(H,20,21)/t12-,13+,16?. The zero-order valence-electron chi connectivity index (χ0n) is 13.8. The first kappa shape index (κ1) is 14.5. The number of aromatic nitrogens is 4. The van der Waals surface area contributed by atoms with Crippen LogP contribution in [0.4, 0.5) is 0 Å². The summed E-state index contributed by atoms with van der Waals surface area (Å²) in [5.74, 6) is 1.14. The van der Waals surface area contributed by atoms with Crippen molar-refractivity contribution in [3.05, 3.63) is 42.4 Å². The van der Waals surface area contributed by atoms with Crippen LogP contribution >= 0.6 is 0 Å². The molecule has 126 valence electrons. The minimum Gasteiger partial charge on any atom is -0.345 e. The fourth-order valence-electron chi connectivity index (χ4n) is 4.03. The summed E-state index contributed by atoms with van der Waals surface area (Å²) < 4.78 is 0. The Bertz CT molecular complexity index is 940. The number of H-pyrrole nitrogens is 1. The van der Waals surface area contributed by atoms with E-state index in [1.165, 1.54) is 0 Å². The Morgan fingerprint density at radius 2 is 2.04 bits per heavy atom. The van der Waals surface area contributed by atoms with Gasteiger partial charge in [0, 0.05) is 49.5 Å². The summed E-state index contributed by atoms with van der Waals surface area (Å²) in [5.41, 5.74) is 2.87. The highest BCUT2D eigenvalue weighted by Gasteiger charge is 2.56. The number of nitrogens with one attached hydrogen (secondary N) is 2. The molecule has 7 heteroatoms. The topological polar surface area (TPSA) is 86.8 Å². The van der Waals surface area contributed by atoms with Crippen LogP contribution in [0.2, 0.25) is 0 Å². The number of pyridine rings is 1. The van der Waals surface area contributed by atoms with Crippen molar-refractivity contribution in [3.63, 3.8) is 0 Å². The van der Waals surface area contributed by atoms with Crippen LogP contribution in [-0.4, -0.2) is 57.2 Å². The van der Waals surface area contributed by atoms with E-state index in [0.717, 1.165) is 35.4 Å². The molecular formula is C18H18N6O. The van der Waals surface area contributed by atoms with E-state index in [1.807, 2.05) is 36.3 Å². The van der Waals surface area contributed by atoms with Crippen LogP contribution in [0, 0.1) is 11.8 Å². The summed E-state index contributed by atoms with van der Waals surface area (Å²) in [7, 11) is 1.87. The Balaban J connectivity index is 1.39. The monoisotopic (exact) mass is 334 g/mol. The molecule has 4 heterocycles. The highest BCUT2D eigenvalue weighted by Crippen LogP contribution is 2.45. The summed E-state index contributed by atoms with van der Waals surface area (Å²) >= 11 is 0. The summed E-state index contributed by atoms with van der Waals surface area (Å²) in [6, 6.07) is 7.82. The third kappa shape index (κ3) is 2.23. The number of hydrogen-bond acceptors (Lipinski definition) is 5. The molecule has 2 fully saturated rings. The van der Waals surface area contributed by atoms with Crippen molar-refractivity contribution in [1.29, 1.82) is 0 Å². The molecule has 7 nitrogen and oxygen atoms in total. The number of hydrogen-bond donors (Lipinski definition) is 2. The number of nitrogens with zero attached hydrogens (tertiary/aromatic N) is 4. The van der Waals surface area contributed by atoms with Gasteiger partial charge >= 0.3 is 0 Å². The molecule has 2 aliphatic rings. The molecule has 3 atom stereocenters. The van der Waals surface area contributed by atoms with Gasteiger partial charge in [0.15, 0.2) is 5.69 Å². The molecule has 1 aliphatic heterocycles.